The lowest BCUT2D eigenvalue weighted by atomic mass is 10.2. The Morgan fingerprint density at radius 3 is 2.52 bits per heavy atom. The molecule has 0 radical (unpaired) electrons. The Morgan fingerprint density at radius 2 is 2.00 bits per heavy atom. The Hall–Kier alpha value is -1.98. The van der Waals surface area contributed by atoms with E-state index in [1.165, 1.54) is 18.3 Å². The van der Waals surface area contributed by atoms with Gasteiger partial charge in [0, 0.05) is 11.6 Å². The number of carbonyl (C=O) groups is 1. The van der Waals surface area contributed by atoms with Gasteiger partial charge in [-0.2, -0.15) is 0 Å². The van der Waals surface area contributed by atoms with Crippen LogP contribution in [0.3, 0.4) is 0 Å². The first-order valence-electron chi connectivity index (χ1n) is 6.16. The fraction of sp³-hybridized carbons (Fsp3) is 0.143. The van der Waals surface area contributed by atoms with Crippen LogP contribution in [0.4, 0.5) is 11.4 Å². The summed E-state index contributed by atoms with van der Waals surface area (Å²) in [5.41, 5.74) is 6.72. The minimum absolute atomic E-state index is 0.234. The van der Waals surface area contributed by atoms with Gasteiger partial charge in [-0.1, -0.05) is 23.2 Å². The minimum atomic E-state index is -0.357. The molecule has 21 heavy (non-hydrogen) atoms. The maximum absolute atomic E-state index is 12.1. The average Bonchev–Trinajstić information content (AvgIpc) is 2.46. The number of benzene rings is 1. The van der Waals surface area contributed by atoms with Crippen molar-refractivity contribution in [1.82, 2.24) is 4.98 Å². The lowest BCUT2D eigenvalue weighted by Crippen LogP contribution is -2.12. The average molecular weight is 326 g/mol. The molecule has 1 heterocycles. The third-order valence-electron chi connectivity index (χ3n) is 2.63. The SMILES string of the molecule is CCOc1ccc(NC(=O)c2cc(Cl)c(N)c(Cl)c2)cn1. The molecule has 0 fully saturated rings. The van der Waals surface area contributed by atoms with Crippen molar-refractivity contribution in [3.63, 3.8) is 0 Å². The summed E-state index contributed by atoms with van der Waals surface area (Å²) in [6.45, 7) is 2.40. The minimum Gasteiger partial charge on any atom is -0.478 e. The van der Waals surface area contributed by atoms with Gasteiger partial charge in [0.15, 0.2) is 0 Å². The molecule has 1 aromatic carbocycles. The number of amides is 1. The highest BCUT2D eigenvalue weighted by Gasteiger charge is 2.11. The molecule has 2 rings (SSSR count). The molecule has 0 unspecified atom stereocenters. The maximum atomic E-state index is 12.1. The molecule has 0 saturated heterocycles. The molecule has 0 spiro atoms. The number of halogens is 2. The number of nitrogens with zero attached hydrogens (tertiary/aromatic N) is 1. The molecular weight excluding hydrogens is 313 g/mol. The number of anilines is 2. The Kier molecular flexibility index (Phi) is 4.88. The summed E-state index contributed by atoms with van der Waals surface area (Å²) >= 11 is 11.8. The van der Waals surface area contributed by atoms with Crippen molar-refractivity contribution >= 4 is 40.5 Å². The number of hydrogen-bond donors (Lipinski definition) is 2. The van der Waals surface area contributed by atoms with Crippen LogP contribution in [0.25, 0.3) is 0 Å². The van der Waals surface area contributed by atoms with Crippen LogP contribution in [0.2, 0.25) is 10.0 Å². The topological polar surface area (TPSA) is 77.2 Å². The molecule has 1 aromatic heterocycles. The summed E-state index contributed by atoms with van der Waals surface area (Å²) in [6, 6.07) is 6.28. The van der Waals surface area contributed by atoms with Crippen molar-refractivity contribution in [3.05, 3.63) is 46.1 Å². The zero-order chi connectivity index (χ0) is 15.4. The van der Waals surface area contributed by atoms with E-state index >= 15 is 0 Å². The molecule has 0 aliphatic heterocycles. The Bertz CT molecular complexity index is 637. The van der Waals surface area contributed by atoms with Gasteiger partial charge in [0.1, 0.15) is 0 Å². The number of pyridine rings is 1. The zero-order valence-electron chi connectivity index (χ0n) is 11.2. The molecule has 110 valence electrons. The molecule has 0 aliphatic rings. The van der Waals surface area contributed by atoms with Crippen LogP contribution in [0.15, 0.2) is 30.5 Å². The molecular formula is C14H13Cl2N3O2. The van der Waals surface area contributed by atoms with Gasteiger partial charge < -0.3 is 15.8 Å². The van der Waals surface area contributed by atoms with Gasteiger partial charge in [0.05, 0.1) is 34.2 Å². The molecule has 0 aliphatic carbocycles. The normalized spacial score (nSPS) is 10.2. The predicted octanol–water partition coefficient (Wildman–Crippen LogP) is 3.62. The predicted molar refractivity (Wildman–Crippen MR) is 84.2 cm³/mol. The summed E-state index contributed by atoms with van der Waals surface area (Å²) in [4.78, 5) is 16.2. The summed E-state index contributed by atoms with van der Waals surface area (Å²) in [5, 5.41) is 3.15. The number of nitrogens with one attached hydrogen (secondary N) is 1. The van der Waals surface area contributed by atoms with Crippen molar-refractivity contribution in [3.8, 4) is 5.88 Å². The number of rotatable bonds is 4. The van der Waals surface area contributed by atoms with Crippen LogP contribution < -0.4 is 15.8 Å². The van der Waals surface area contributed by atoms with E-state index in [0.717, 1.165) is 0 Å². The maximum Gasteiger partial charge on any atom is 0.255 e. The third kappa shape index (κ3) is 3.77. The zero-order valence-corrected chi connectivity index (χ0v) is 12.7. The highest BCUT2D eigenvalue weighted by atomic mass is 35.5. The number of aromatic nitrogens is 1. The van der Waals surface area contributed by atoms with Gasteiger partial charge in [-0.25, -0.2) is 4.98 Å². The molecule has 1 amide bonds. The molecule has 3 N–H and O–H groups in total. The van der Waals surface area contributed by atoms with Crippen molar-refractivity contribution in [2.45, 2.75) is 6.92 Å². The molecule has 7 heteroatoms. The summed E-state index contributed by atoms with van der Waals surface area (Å²) in [5.74, 6) is 0.138. The lowest BCUT2D eigenvalue weighted by molar-refractivity contribution is 0.102. The fourth-order valence-electron chi connectivity index (χ4n) is 1.61. The third-order valence-corrected chi connectivity index (χ3v) is 3.25. The van der Waals surface area contributed by atoms with Crippen molar-refractivity contribution in [2.24, 2.45) is 0 Å². The van der Waals surface area contributed by atoms with Crippen molar-refractivity contribution in [2.75, 3.05) is 17.7 Å². The summed E-state index contributed by atoms with van der Waals surface area (Å²) in [7, 11) is 0. The Balaban J connectivity index is 2.14. The number of hydrogen-bond acceptors (Lipinski definition) is 4. The van der Waals surface area contributed by atoms with Gasteiger partial charge in [0.25, 0.3) is 5.91 Å². The van der Waals surface area contributed by atoms with E-state index in [1.54, 1.807) is 12.1 Å². The lowest BCUT2D eigenvalue weighted by Gasteiger charge is -2.08. The van der Waals surface area contributed by atoms with Gasteiger partial charge in [0.2, 0.25) is 5.88 Å². The second-order valence-electron chi connectivity index (χ2n) is 4.13. The van der Waals surface area contributed by atoms with Gasteiger partial charge in [-0.3, -0.25) is 4.79 Å². The Labute approximate surface area is 132 Å². The quantitative estimate of drug-likeness (QED) is 0.841. The smallest absolute Gasteiger partial charge is 0.255 e. The van der Waals surface area contributed by atoms with Crippen LogP contribution in [0.1, 0.15) is 17.3 Å². The van der Waals surface area contributed by atoms with E-state index in [4.69, 9.17) is 33.7 Å². The first-order chi connectivity index (χ1) is 10.0. The molecule has 5 nitrogen and oxygen atoms in total. The van der Waals surface area contributed by atoms with E-state index in [0.29, 0.717) is 23.7 Å². The molecule has 0 saturated carbocycles. The largest absolute Gasteiger partial charge is 0.478 e. The molecule has 2 aromatic rings. The van der Waals surface area contributed by atoms with Crippen LogP contribution in [-0.4, -0.2) is 17.5 Å². The van der Waals surface area contributed by atoms with Gasteiger partial charge in [-0.15, -0.1) is 0 Å². The van der Waals surface area contributed by atoms with Crippen LogP contribution in [0, 0.1) is 0 Å². The van der Waals surface area contributed by atoms with Gasteiger partial charge >= 0.3 is 0 Å². The summed E-state index contributed by atoms with van der Waals surface area (Å²) < 4.78 is 5.22. The first kappa shape index (κ1) is 15.4. The monoisotopic (exact) mass is 325 g/mol. The van der Waals surface area contributed by atoms with E-state index < -0.39 is 0 Å². The van der Waals surface area contributed by atoms with Crippen LogP contribution >= 0.6 is 23.2 Å². The van der Waals surface area contributed by atoms with E-state index in [2.05, 4.69) is 10.3 Å². The number of nitrogen functional groups attached to an aromatic ring is 1. The van der Waals surface area contributed by atoms with Crippen molar-refractivity contribution < 1.29 is 9.53 Å². The van der Waals surface area contributed by atoms with Gasteiger partial charge in [-0.05, 0) is 25.1 Å². The van der Waals surface area contributed by atoms with Crippen LogP contribution in [0.5, 0.6) is 5.88 Å². The standard InChI is InChI=1S/C14H13Cl2N3O2/c1-2-21-12-4-3-9(7-18-12)19-14(20)8-5-10(15)13(17)11(16)6-8/h3-7H,2,17H2,1H3,(H,19,20). The highest BCUT2D eigenvalue weighted by molar-refractivity contribution is 6.39. The fourth-order valence-corrected chi connectivity index (χ4v) is 2.09. The van der Waals surface area contributed by atoms with E-state index in [-0.39, 0.29) is 21.6 Å². The molecule has 0 atom stereocenters. The second kappa shape index (κ2) is 6.65. The number of ether oxygens (including phenoxy) is 1. The van der Waals surface area contributed by atoms with E-state index in [1.807, 2.05) is 6.92 Å². The Morgan fingerprint density at radius 1 is 1.33 bits per heavy atom. The summed E-state index contributed by atoms with van der Waals surface area (Å²) in [6.07, 6.45) is 1.50. The first-order valence-corrected chi connectivity index (χ1v) is 6.91. The molecule has 0 bridgehead atoms. The van der Waals surface area contributed by atoms with E-state index in [9.17, 15) is 4.79 Å². The van der Waals surface area contributed by atoms with Crippen molar-refractivity contribution in [1.29, 1.82) is 0 Å². The van der Waals surface area contributed by atoms with Crippen LogP contribution in [-0.2, 0) is 0 Å². The number of carbonyl (C=O) groups excluding carboxylic acids is 1. The number of nitrogens with two attached hydrogens (primary N) is 1. The highest BCUT2D eigenvalue weighted by Crippen LogP contribution is 2.29. The second-order valence-corrected chi connectivity index (χ2v) is 4.94.